The Morgan fingerprint density at radius 2 is 1.38 bits per heavy atom. The van der Waals surface area contributed by atoms with Crippen LogP contribution < -0.4 is 0 Å². The summed E-state index contributed by atoms with van der Waals surface area (Å²) in [5, 5.41) is 11.8. The predicted molar refractivity (Wildman–Crippen MR) is 144 cm³/mol. The van der Waals surface area contributed by atoms with Crippen LogP contribution in [0.4, 0.5) is 0 Å². The van der Waals surface area contributed by atoms with Crippen molar-refractivity contribution in [1.29, 1.82) is 0 Å². The molecule has 0 spiro atoms. The van der Waals surface area contributed by atoms with Gasteiger partial charge in [0.1, 0.15) is 0 Å². The molecule has 4 aliphatic carbocycles. The van der Waals surface area contributed by atoms with Crippen LogP contribution in [-0.2, 0) is 6.42 Å². The third-order valence-corrected chi connectivity index (χ3v) is 12.7. The van der Waals surface area contributed by atoms with Gasteiger partial charge < -0.3 is 5.11 Å². The summed E-state index contributed by atoms with van der Waals surface area (Å²) >= 11 is 0. The minimum atomic E-state index is -0.536. The molecular weight excluding hydrogens is 412 g/mol. The summed E-state index contributed by atoms with van der Waals surface area (Å²) in [5.41, 5.74) is 3.96. The van der Waals surface area contributed by atoms with Gasteiger partial charge in [0.25, 0.3) is 0 Å². The molecule has 0 aliphatic heterocycles. The summed E-state index contributed by atoms with van der Waals surface area (Å²) in [6.07, 6.45) is 14.2. The molecule has 0 amide bonds. The largest absolute Gasteiger partial charge is 0.390 e. The molecule has 1 heteroatoms. The van der Waals surface area contributed by atoms with Gasteiger partial charge in [0.15, 0.2) is 0 Å². The van der Waals surface area contributed by atoms with E-state index < -0.39 is 5.60 Å². The highest BCUT2D eigenvalue weighted by molar-refractivity contribution is 5.23. The van der Waals surface area contributed by atoms with Crippen LogP contribution in [-0.4, -0.2) is 10.7 Å². The van der Waals surface area contributed by atoms with Crippen molar-refractivity contribution in [1.82, 2.24) is 0 Å². The van der Waals surface area contributed by atoms with Gasteiger partial charge in [0.05, 0.1) is 5.60 Å². The fraction of sp³-hybridized carbons (Fsp3) is 0.818. The number of fused-ring (bicyclic) bond motifs is 5. The van der Waals surface area contributed by atoms with Gasteiger partial charge in [-0.3, -0.25) is 0 Å². The Labute approximate surface area is 210 Å². The quantitative estimate of drug-likeness (QED) is 0.474. The summed E-state index contributed by atoms with van der Waals surface area (Å²) in [7, 11) is 0. The summed E-state index contributed by atoms with van der Waals surface area (Å²) in [6.45, 7) is 17.5. The number of benzene rings is 1. The molecule has 1 N–H and O–H groups in total. The first-order chi connectivity index (χ1) is 15.8. The first-order valence-corrected chi connectivity index (χ1v) is 14.6. The average Bonchev–Trinajstić information content (AvgIpc) is 2.71. The Morgan fingerprint density at radius 1 is 0.765 bits per heavy atom. The number of aliphatic hydroxyl groups is 1. The predicted octanol–water partition coefficient (Wildman–Crippen LogP) is 8.75. The first-order valence-electron chi connectivity index (χ1n) is 14.6. The lowest BCUT2D eigenvalue weighted by Crippen LogP contribution is -2.65. The van der Waals surface area contributed by atoms with Crippen molar-refractivity contribution in [2.75, 3.05) is 0 Å². The third-order valence-electron chi connectivity index (χ3n) is 12.7. The number of hydrogen-bond acceptors (Lipinski definition) is 1. The highest BCUT2D eigenvalue weighted by Crippen LogP contribution is 2.74. The maximum absolute atomic E-state index is 11.8. The number of rotatable bonds is 3. The molecule has 0 saturated heterocycles. The van der Waals surface area contributed by atoms with Gasteiger partial charge in [-0.15, -0.1) is 0 Å². The van der Waals surface area contributed by atoms with Crippen LogP contribution in [0, 0.1) is 52.3 Å². The molecule has 1 nitrogen and oxygen atoms in total. The standard InChI is InChI=1S/C33H52O/c1-23-10-8-11-24(22-23)12-13-28-32(6)20-15-26-30(4)18-9-17-29(2,3)25(30)14-19-31(26,5)27(32)16-21-33(28,7)34/h8,10-11,22,25-28,34H,9,12-21H2,1-7H3/t25-,26+,27-,28+,30-,31+,32-,33-/m0/s1. The van der Waals surface area contributed by atoms with Crippen molar-refractivity contribution < 1.29 is 5.11 Å². The maximum atomic E-state index is 11.8. The van der Waals surface area contributed by atoms with Crippen LogP contribution in [0.2, 0.25) is 0 Å². The molecule has 34 heavy (non-hydrogen) atoms. The van der Waals surface area contributed by atoms with Crippen molar-refractivity contribution in [3.05, 3.63) is 35.4 Å². The van der Waals surface area contributed by atoms with E-state index in [1.165, 1.54) is 62.5 Å². The monoisotopic (exact) mass is 464 g/mol. The summed E-state index contributed by atoms with van der Waals surface area (Å²) in [4.78, 5) is 0. The molecular formula is C33H52O. The molecule has 4 aliphatic rings. The van der Waals surface area contributed by atoms with Gasteiger partial charge in [0, 0.05) is 0 Å². The van der Waals surface area contributed by atoms with E-state index in [2.05, 4.69) is 72.7 Å². The van der Waals surface area contributed by atoms with E-state index in [0.717, 1.165) is 37.0 Å². The van der Waals surface area contributed by atoms with Crippen molar-refractivity contribution >= 4 is 0 Å². The molecule has 4 fully saturated rings. The van der Waals surface area contributed by atoms with Crippen molar-refractivity contribution in [2.45, 2.75) is 125 Å². The topological polar surface area (TPSA) is 20.2 Å². The molecule has 190 valence electrons. The maximum Gasteiger partial charge on any atom is 0.0653 e. The molecule has 0 heterocycles. The summed E-state index contributed by atoms with van der Waals surface area (Å²) in [6, 6.07) is 9.03. The second-order valence-corrected chi connectivity index (χ2v) is 15.1. The van der Waals surface area contributed by atoms with Crippen LogP contribution in [0.15, 0.2) is 24.3 Å². The summed E-state index contributed by atoms with van der Waals surface area (Å²) in [5.74, 6) is 2.89. The van der Waals surface area contributed by atoms with Crippen LogP contribution >= 0.6 is 0 Å². The fourth-order valence-corrected chi connectivity index (χ4v) is 11.4. The molecule has 5 rings (SSSR count). The second-order valence-electron chi connectivity index (χ2n) is 15.1. The molecule has 1 aromatic carbocycles. The SMILES string of the molecule is Cc1cccc(CC[C@@H]2[C@@]3(C)CC[C@H]4[C@@](C)(CC[C@H]5C(C)(C)CCC[C@]45C)[C@@H]3CC[C@]2(C)O)c1. The van der Waals surface area contributed by atoms with Gasteiger partial charge in [-0.1, -0.05) is 70.9 Å². The smallest absolute Gasteiger partial charge is 0.0653 e. The van der Waals surface area contributed by atoms with E-state index in [4.69, 9.17) is 0 Å². The van der Waals surface area contributed by atoms with Gasteiger partial charge >= 0.3 is 0 Å². The normalized spacial score (nSPS) is 47.9. The molecule has 0 aromatic heterocycles. The van der Waals surface area contributed by atoms with E-state index >= 15 is 0 Å². The van der Waals surface area contributed by atoms with Gasteiger partial charge in [-0.05, 0) is 129 Å². The zero-order chi connectivity index (χ0) is 24.6. The lowest BCUT2D eigenvalue weighted by Gasteiger charge is -2.71. The first kappa shape index (κ1) is 24.9. The molecule has 0 unspecified atom stereocenters. The van der Waals surface area contributed by atoms with E-state index in [1.54, 1.807) is 0 Å². The third kappa shape index (κ3) is 3.65. The fourth-order valence-electron chi connectivity index (χ4n) is 11.4. The highest BCUT2D eigenvalue weighted by atomic mass is 16.3. The van der Waals surface area contributed by atoms with E-state index in [0.29, 0.717) is 22.2 Å². The molecule has 1 aromatic rings. The van der Waals surface area contributed by atoms with Crippen molar-refractivity contribution in [2.24, 2.45) is 45.3 Å². The Kier molecular flexibility index (Phi) is 5.92. The van der Waals surface area contributed by atoms with Crippen LogP contribution in [0.3, 0.4) is 0 Å². The van der Waals surface area contributed by atoms with E-state index in [9.17, 15) is 5.11 Å². The van der Waals surface area contributed by atoms with Gasteiger partial charge in [0.2, 0.25) is 0 Å². The van der Waals surface area contributed by atoms with Crippen molar-refractivity contribution in [3.8, 4) is 0 Å². The van der Waals surface area contributed by atoms with Gasteiger partial charge in [-0.25, -0.2) is 0 Å². The Balaban J connectivity index is 1.45. The highest BCUT2D eigenvalue weighted by Gasteiger charge is 2.67. The minimum Gasteiger partial charge on any atom is -0.390 e. The molecule has 0 radical (unpaired) electrons. The number of aryl methyl sites for hydroxylation is 2. The Morgan fingerprint density at radius 3 is 2.12 bits per heavy atom. The zero-order valence-electron chi connectivity index (χ0n) is 23.3. The van der Waals surface area contributed by atoms with Crippen LogP contribution in [0.1, 0.15) is 117 Å². The Bertz CT molecular complexity index is 913. The van der Waals surface area contributed by atoms with Gasteiger partial charge in [-0.2, -0.15) is 0 Å². The summed E-state index contributed by atoms with van der Waals surface area (Å²) < 4.78 is 0. The lowest BCUT2D eigenvalue weighted by molar-refractivity contribution is -0.236. The average molecular weight is 465 g/mol. The zero-order valence-corrected chi connectivity index (χ0v) is 23.3. The van der Waals surface area contributed by atoms with Crippen molar-refractivity contribution in [3.63, 3.8) is 0 Å². The van der Waals surface area contributed by atoms with E-state index in [1.807, 2.05) is 0 Å². The molecule has 4 saturated carbocycles. The van der Waals surface area contributed by atoms with E-state index in [-0.39, 0.29) is 5.41 Å². The number of hydrogen-bond donors (Lipinski definition) is 1. The van der Waals surface area contributed by atoms with Crippen LogP contribution in [0.25, 0.3) is 0 Å². The molecule has 0 bridgehead atoms. The lowest BCUT2D eigenvalue weighted by atomic mass is 9.34. The minimum absolute atomic E-state index is 0.254. The molecule has 8 atom stereocenters. The Hall–Kier alpha value is -0.820. The van der Waals surface area contributed by atoms with Crippen LogP contribution in [0.5, 0.6) is 0 Å². The second kappa shape index (κ2) is 8.09.